The molecule has 1 saturated heterocycles. The standard InChI is InChI=1S/C24H22BrN3O4/c1-32-24(31)14-5-6-20-18(11-14)19-13-27(9-8-21(19)26-20)22(29)17-7-10-28(23(17)30)16-4-2-3-15(25)12-16/h2-6,11-12,17,26H,7-10,13H2,1H3. The van der Waals surface area contributed by atoms with E-state index in [9.17, 15) is 14.4 Å². The van der Waals surface area contributed by atoms with Gasteiger partial charge in [0.25, 0.3) is 0 Å². The summed E-state index contributed by atoms with van der Waals surface area (Å²) < 4.78 is 5.73. The topological polar surface area (TPSA) is 82.7 Å². The molecule has 1 fully saturated rings. The van der Waals surface area contributed by atoms with E-state index >= 15 is 0 Å². The number of esters is 1. The minimum atomic E-state index is -0.661. The lowest BCUT2D eigenvalue weighted by atomic mass is 10.00. The highest BCUT2D eigenvalue weighted by Crippen LogP contribution is 2.32. The van der Waals surface area contributed by atoms with Gasteiger partial charge in [-0.3, -0.25) is 9.59 Å². The molecule has 0 aliphatic carbocycles. The first-order valence-corrected chi connectivity index (χ1v) is 11.3. The van der Waals surface area contributed by atoms with Crippen molar-refractivity contribution in [2.45, 2.75) is 19.4 Å². The van der Waals surface area contributed by atoms with Gasteiger partial charge in [0, 0.05) is 58.4 Å². The molecule has 7 nitrogen and oxygen atoms in total. The number of amides is 2. The largest absolute Gasteiger partial charge is 0.465 e. The molecular formula is C24H22BrN3O4. The molecule has 3 heterocycles. The predicted molar refractivity (Wildman–Crippen MR) is 123 cm³/mol. The van der Waals surface area contributed by atoms with Crippen molar-refractivity contribution in [3.8, 4) is 0 Å². The highest BCUT2D eigenvalue weighted by Gasteiger charge is 2.40. The van der Waals surface area contributed by atoms with Gasteiger partial charge in [-0.05, 0) is 42.8 Å². The number of carbonyl (C=O) groups excluding carboxylic acids is 3. The molecule has 1 atom stereocenters. The number of rotatable bonds is 3. The summed E-state index contributed by atoms with van der Waals surface area (Å²) in [5.41, 5.74) is 4.27. The number of H-pyrrole nitrogens is 1. The van der Waals surface area contributed by atoms with Crippen molar-refractivity contribution in [2.24, 2.45) is 5.92 Å². The van der Waals surface area contributed by atoms with Gasteiger partial charge in [-0.25, -0.2) is 4.79 Å². The summed E-state index contributed by atoms with van der Waals surface area (Å²) in [6.07, 6.45) is 1.19. The monoisotopic (exact) mass is 495 g/mol. The number of aromatic amines is 1. The lowest BCUT2D eigenvalue weighted by molar-refractivity contribution is -0.140. The first-order valence-electron chi connectivity index (χ1n) is 10.5. The van der Waals surface area contributed by atoms with E-state index in [-0.39, 0.29) is 11.8 Å². The van der Waals surface area contributed by atoms with Crippen molar-refractivity contribution in [2.75, 3.05) is 25.1 Å². The van der Waals surface area contributed by atoms with Crippen LogP contribution in [-0.2, 0) is 27.3 Å². The lowest BCUT2D eigenvalue weighted by Gasteiger charge is -2.29. The van der Waals surface area contributed by atoms with Gasteiger partial charge in [0.1, 0.15) is 5.92 Å². The van der Waals surface area contributed by atoms with Crippen LogP contribution >= 0.6 is 15.9 Å². The second kappa shape index (κ2) is 8.09. The lowest BCUT2D eigenvalue weighted by Crippen LogP contribution is -2.42. The van der Waals surface area contributed by atoms with Crippen molar-refractivity contribution in [3.05, 3.63) is 63.8 Å². The van der Waals surface area contributed by atoms with Crippen molar-refractivity contribution in [1.29, 1.82) is 0 Å². The Balaban J connectivity index is 1.38. The summed E-state index contributed by atoms with van der Waals surface area (Å²) in [5, 5.41) is 0.911. The zero-order chi connectivity index (χ0) is 22.4. The van der Waals surface area contributed by atoms with Crippen molar-refractivity contribution >= 4 is 50.3 Å². The normalized spacial score (nSPS) is 18.2. The number of carbonyl (C=O) groups is 3. The highest BCUT2D eigenvalue weighted by molar-refractivity contribution is 9.10. The molecule has 5 rings (SSSR count). The fourth-order valence-corrected chi connectivity index (χ4v) is 5.06. The molecule has 32 heavy (non-hydrogen) atoms. The Morgan fingerprint density at radius 2 is 2.00 bits per heavy atom. The first-order chi connectivity index (χ1) is 15.5. The van der Waals surface area contributed by atoms with Gasteiger partial charge in [-0.2, -0.15) is 0 Å². The third kappa shape index (κ3) is 3.48. The van der Waals surface area contributed by atoms with E-state index in [1.807, 2.05) is 30.3 Å². The number of benzene rings is 2. The molecule has 2 aliphatic rings. The summed E-state index contributed by atoms with van der Waals surface area (Å²) in [5.74, 6) is -1.33. The first kappa shape index (κ1) is 20.8. The summed E-state index contributed by atoms with van der Waals surface area (Å²) in [6.45, 7) is 1.50. The molecule has 2 amide bonds. The smallest absolute Gasteiger partial charge is 0.337 e. The molecular weight excluding hydrogens is 474 g/mol. The predicted octanol–water partition coefficient (Wildman–Crippen LogP) is 3.65. The minimum Gasteiger partial charge on any atom is -0.465 e. The number of nitrogens with zero attached hydrogens (tertiary/aromatic N) is 2. The number of ether oxygens (including phenoxy) is 1. The van der Waals surface area contributed by atoms with E-state index in [0.717, 1.165) is 32.3 Å². The molecule has 1 aromatic heterocycles. The van der Waals surface area contributed by atoms with E-state index in [1.54, 1.807) is 21.9 Å². The van der Waals surface area contributed by atoms with Gasteiger partial charge in [0.15, 0.2) is 0 Å². The molecule has 1 N–H and O–H groups in total. The average Bonchev–Trinajstić information content (AvgIpc) is 3.37. The Morgan fingerprint density at radius 1 is 1.16 bits per heavy atom. The van der Waals surface area contributed by atoms with Crippen LogP contribution in [0.3, 0.4) is 0 Å². The SMILES string of the molecule is COC(=O)c1ccc2[nH]c3c(c2c1)CN(C(=O)C1CCN(c2cccc(Br)c2)C1=O)CC3. The molecule has 0 spiro atoms. The zero-order valence-electron chi connectivity index (χ0n) is 17.6. The van der Waals surface area contributed by atoms with Crippen molar-refractivity contribution in [3.63, 3.8) is 0 Å². The number of hydrogen-bond donors (Lipinski definition) is 1. The number of nitrogens with one attached hydrogen (secondary N) is 1. The van der Waals surface area contributed by atoms with Crippen LogP contribution in [-0.4, -0.2) is 47.9 Å². The second-order valence-electron chi connectivity index (χ2n) is 8.15. The second-order valence-corrected chi connectivity index (χ2v) is 9.07. The number of halogens is 1. The summed E-state index contributed by atoms with van der Waals surface area (Å²) in [6, 6.07) is 13.0. The van der Waals surface area contributed by atoms with Crippen LogP contribution in [0.15, 0.2) is 46.9 Å². The van der Waals surface area contributed by atoms with Gasteiger partial charge < -0.3 is 19.5 Å². The van der Waals surface area contributed by atoms with Crippen LogP contribution in [0.25, 0.3) is 10.9 Å². The van der Waals surface area contributed by atoms with Gasteiger partial charge in [-0.15, -0.1) is 0 Å². The molecule has 2 aliphatic heterocycles. The molecule has 0 bridgehead atoms. The Kier molecular flexibility index (Phi) is 5.25. The van der Waals surface area contributed by atoms with Gasteiger partial charge in [0.05, 0.1) is 12.7 Å². The number of hydrogen-bond acceptors (Lipinski definition) is 4. The quantitative estimate of drug-likeness (QED) is 0.444. The maximum Gasteiger partial charge on any atom is 0.337 e. The fraction of sp³-hybridized carbons (Fsp3) is 0.292. The van der Waals surface area contributed by atoms with Crippen LogP contribution < -0.4 is 4.90 Å². The molecule has 164 valence electrons. The molecule has 1 unspecified atom stereocenters. The number of anilines is 1. The van der Waals surface area contributed by atoms with Gasteiger partial charge in [-0.1, -0.05) is 22.0 Å². The van der Waals surface area contributed by atoms with Crippen LogP contribution in [0, 0.1) is 5.92 Å². The highest BCUT2D eigenvalue weighted by atomic mass is 79.9. The Labute approximate surface area is 193 Å². The Morgan fingerprint density at radius 3 is 2.78 bits per heavy atom. The van der Waals surface area contributed by atoms with Gasteiger partial charge >= 0.3 is 5.97 Å². The number of methoxy groups -OCH3 is 1. The fourth-order valence-electron chi connectivity index (χ4n) is 4.68. The van der Waals surface area contributed by atoms with Gasteiger partial charge in [0.2, 0.25) is 11.8 Å². The van der Waals surface area contributed by atoms with Crippen LogP contribution in [0.4, 0.5) is 5.69 Å². The summed E-state index contributed by atoms with van der Waals surface area (Å²) in [7, 11) is 1.36. The Bertz CT molecular complexity index is 1250. The van der Waals surface area contributed by atoms with Crippen molar-refractivity contribution in [1.82, 2.24) is 9.88 Å². The molecule has 0 saturated carbocycles. The van der Waals surface area contributed by atoms with E-state index in [4.69, 9.17) is 4.74 Å². The Hall–Kier alpha value is -3.13. The number of fused-ring (bicyclic) bond motifs is 3. The van der Waals surface area contributed by atoms with Crippen LogP contribution in [0.1, 0.15) is 28.0 Å². The van der Waals surface area contributed by atoms with Crippen molar-refractivity contribution < 1.29 is 19.1 Å². The molecule has 8 heteroatoms. The zero-order valence-corrected chi connectivity index (χ0v) is 19.1. The summed E-state index contributed by atoms with van der Waals surface area (Å²) >= 11 is 3.44. The van der Waals surface area contributed by atoms with E-state index in [2.05, 4.69) is 20.9 Å². The average molecular weight is 496 g/mol. The molecule has 0 radical (unpaired) electrons. The minimum absolute atomic E-state index is 0.128. The third-order valence-corrected chi connectivity index (χ3v) is 6.82. The van der Waals surface area contributed by atoms with E-state index in [0.29, 0.717) is 38.0 Å². The van der Waals surface area contributed by atoms with E-state index < -0.39 is 11.9 Å². The molecule has 2 aromatic carbocycles. The van der Waals surface area contributed by atoms with Crippen LogP contribution in [0.2, 0.25) is 0 Å². The number of aromatic nitrogens is 1. The molecule has 3 aromatic rings. The van der Waals surface area contributed by atoms with Crippen LogP contribution in [0.5, 0.6) is 0 Å². The third-order valence-electron chi connectivity index (χ3n) is 6.33. The summed E-state index contributed by atoms with van der Waals surface area (Å²) in [4.78, 5) is 45.2. The maximum atomic E-state index is 13.3. The maximum absolute atomic E-state index is 13.3. The van der Waals surface area contributed by atoms with E-state index in [1.165, 1.54) is 7.11 Å².